The summed E-state index contributed by atoms with van der Waals surface area (Å²) < 4.78 is 5.91. The average Bonchev–Trinajstić information content (AvgIpc) is 3.15. The Hall–Kier alpha value is -0.830. The van der Waals surface area contributed by atoms with E-state index in [0.717, 1.165) is 25.9 Å². The number of carbonyl (C=O) groups is 1. The second kappa shape index (κ2) is 16.2. The summed E-state index contributed by atoms with van der Waals surface area (Å²) >= 11 is 0. The summed E-state index contributed by atoms with van der Waals surface area (Å²) in [4.78, 5) is 12.7. The first-order chi connectivity index (χ1) is 17.5. The van der Waals surface area contributed by atoms with E-state index in [0.29, 0.717) is 17.3 Å². The Kier molecular flexibility index (Phi) is 13.4. The molecule has 1 N–H and O–H groups in total. The van der Waals surface area contributed by atoms with Gasteiger partial charge in [0.05, 0.1) is 5.92 Å². The second-order valence-corrected chi connectivity index (χ2v) is 12.9. The van der Waals surface area contributed by atoms with E-state index in [2.05, 4.69) is 25.7 Å². The van der Waals surface area contributed by atoms with E-state index in [1.807, 2.05) is 0 Å². The van der Waals surface area contributed by atoms with Crippen LogP contribution in [0.25, 0.3) is 0 Å². The Bertz CT molecular complexity index is 646. The molecule has 3 aliphatic rings. The maximum absolute atomic E-state index is 12.7. The number of ether oxygens (including phenoxy) is 1. The van der Waals surface area contributed by atoms with Crippen LogP contribution in [0.2, 0.25) is 0 Å². The minimum Gasteiger partial charge on any atom is -0.462 e. The summed E-state index contributed by atoms with van der Waals surface area (Å²) in [5, 5.41) is 3.61. The van der Waals surface area contributed by atoms with Crippen LogP contribution >= 0.6 is 0 Å². The molecular formula is C33H59NO2. The van der Waals surface area contributed by atoms with E-state index >= 15 is 0 Å². The van der Waals surface area contributed by atoms with Crippen LogP contribution in [0.15, 0.2) is 12.2 Å². The summed E-state index contributed by atoms with van der Waals surface area (Å²) in [5.41, 5.74) is 1.73. The molecule has 2 saturated carbocycles. The number of nitrogens with one attached hydrogen (secondary N) is 1. The molecule has 0 radical (unpaired) electrons. The number of fused-ring (bicyclic) bond motifs is 2. The molecule has 0 aromatic rings. The molecule has 0 spiro atoms. The fraction of sp³-hybridized carbons (Fsp3) is 0.909. The van der Waals surface area contributed by atoms with Gasteiger partial charge < -0.3 is 10.1 Å². The van der Waals surface area contributed by atoms with Crippen LogP contribution in [-0.2, 0) is 9.53 Å². The molecule has 0 aromatic heterocycles. The van der Waals surface area contributed by atoms with Gasteiger partial charge in [-0.05, 0) is 56.4 Å². The summed E-state index contributed by atoms with van der Waals surface area (Å²) in [6.45, 7) is 11.0. The van der Waals surface area contributed by atoms with Crippen LogP contribution in [-0.4, -0.2) is 25.2 Å². The van der Waals surface area contributed by atoms with E-state index in [9.17, 15) is 4.79 Å². The van der Waals surface area contributed by atoms with Crippen molar-refractivity contribution in [2.75, 3.05) is 13.1 Å². The van der Waals surface area contributed by atoms with Crippen molar-refractivity contribution in [3.63, 3.8) is 0 Å². The first-order valence-corrected chi connectivity index (χ1v) is 16.1. The van der Waals surface area contributed by atoms with Gasteiger partial charge in [-0.25, -0.2) is 0 Å². The fourth-order valence-corrected chi connectivity index (χ4v) is 7.55. The lowest BCUT2D eigenvalue weighted by Gasteiger charge is -2.50. The maximum atomic E-state index is 12.7. The highest BCUT2D eigenvalue weighted by molar-refractivity contribution is 5.75. The number of carbonyl (C=O) groups excluding carboxylic acids is 1. The lowest BCUT2D eigenvalue weighted by molar-refractivity contribution is -0.146. The summed E-state index contributed by atoms with van der Waals surface area (Å²) in [5.74, 6) is 1.08. The average molecular weight is 502 g/mol. The molecule has 3 rings (SSSR count). The van der Waals surface area contributed by atoms with E-state index in [-0.39, 0.29) is 18.0 Å². The Balaban J connectivity index is 1.14. The van der Waals surface area contributed by atoms with Gasteiger partial charge in [-0.1, -0.05) is 122 Å². The highest BCUT2D eigenvalue weighted by atomic mass is 16.6. The normalized spacial score (nSPS) is 29.7. The van der Waals surface area contributed by atoms with Crippen molar-refractivity contribution in [3.05, 3.63) is 12.2 Å². The van der Waals surface area contributed by atoms with Gasteiger partial charge in [0, 0.05) is 12.5 Å². The predicted molar refractivity (Wildman–Crippen MR) is 153 cm³/mol. The minimum absolute atomic E-state index is 0.0512. The SMILES string of the molecule is C=C1CCC[C@]2(C)C[C@H]3OC(=O)[C@H](CNCCCCCCCCCCCCCCCCCC)[C@H]3C[C@H]12. The summed E-state index contributed by atoms with van der Waals surface area (Å²) in [6.07, 6.45) is 28.5. The predicted octanol–water partition coefficient (Wildman–Crippen LogP) is 9.15. The highest BCUT2D eigenvalue weighted by Crippen LogP contribution is 2.56. The van der Waals surface area contributed by atoms with Crippen molar-refractivity contribution < 1.29 is 9.53 Å². The van der Waals surface area contributed by atoms with E-state index < -0.39 is 0 Å². The van der Waals surface area contributed by atoms with Crippen molar-refractivity contribution in [2.24, 2.45) is 23.2 Å². The first kappa shape index (κ1) is 29.7. The minimum atomic E-state index is 0.0512. The molecule has 0 bridgehead atoms. The molecule has 0 unspecified atom stereocenters. The molecular weight excluding hydrogens is 442 g/mol. The van der Waals surface area contributed by atoms with Crippen LogP contribution in [0.1, 0.15) is 149 Å². The second-order valence-electron chi connectivity index (χ2n) is 12.9. The molecule has 208 valence electrons. The molecule has 3 nitrogen and oxygen atoms in total. The Morgan fingerprint density at radius 1 is 0.889 bits per heavy atom. The van der Waals surface area contributed by atoms with Gasteiger partial charge >= 0.3 is 5.97 Å². The molecule has 3 heteroatoms. The number of hydrogen-bond donors (Lipinski definition) is 1. The number of hydrogen-bond acceptors (Lipinski definition) is 3. The van der Waals surface area contributed by atoms with E-state index in [1.165, 1.54) is 128 Å². The van der Waals surface area contributed by atoms with Gasteiger partial charge in [0.15, 0.2) is 0 Å². The van der Waals surface area contributed by atoms with Crippen molar-refractivity contribution in [1.82, 2.24) is 5.32 Å². The van der Waals surface area contributed by atoms with E-state index in [1.54, 1.807) is 0 Å². The molecule has 5 atom stereocenters. The molecule has 0 amide bonds. The van der Waals surface area contributed by atoms with Gasteiger partial charge in [0.2, 0.25) is 0 Å². The third-order valence-electron chi connectivity index (χ3n) is 9.89. The monoisotopic (exact) mass is 501 g/mol. The molecule has 1 saturated heterocycles. The third-order valence-corrected chi connectivity index (χ3v) is 9.89. The van der Waals surface area contributed by atoms with Crippen molar-refractivity contribution in [1.29, 1.82) is 0 Å². The van der Waals surface area contributed by atoms with Crippen molar-refractivity contribution >= 4 is 5.97 Å². The number of allylic oxidation sites excluding steroid dienone is 1. The van der Waals surface area contributed by atoms with Crippen LogP contribution in [0, 0.1) is 23.2 Å². The van der Waals surface area contributed by atoms with Crippen molar-refractivity contribution in [2.45, 2.75) is 155 Å². The summed E-state index contributed by atoms with van der Waals surface area (Å²) in [7, 11) is 0. The molecule has 1 aliphatic heterocycles. The Labute approximate surface area is 224 Å². The van der Waals surface area contributed by atoms with Crippen LogP contribution in [0.5, 0.6) is 0 Å². The summed E-state index contributed by atoms with van der Waals surface area (Å²) in [6, 6.07) is 0. The molecule has 1 heterocycles. The molecule has 36 heavy (non-hydrogen) atoms. The van der Waals surface area contributed by atoms with Crippen LogP contribution < -0.4 is 5.32 Å². The zero-order valence-electron chi connectivity index (χ0n) is 24.1. The molecule has 0 aromatic carbocycles. The van der Waals surface area contributed by atoms with Crippen LogP contribution in [0.3, 0.4) is 0 Å². The number of unbranched alkanes of at least 4 members (excludes halogenated alkanes) is 15. The zero-order valence-corrected chi connectivity index (χ0v) is 24.1. The Morgan fingerprint density at radius 3 is 2.03 bits per heavy atom. The number of rotatable bonds is 19. The van der Waals surface area contributed by atoms with Crippen molar-refractivity contribution in [3.8, 4) is 0 Å². The first-order valence-electron chi connectivity index (χ1n) is 16.1. The Morgan fingerprint density at radius 2 is 1.44 bits per heavy atom. The number of esters is 1. The van der Waals surface area contributed by atoms with Gasteiger partial charge in [-0.3, -0.25) is 4.79 Å². The zero-order chi connectivity index (χ0) is 25.6. The standard InChI is InChI=1S/C33H59NO2/c1-4-5-6-7-8-9-10-11-12-13-14-15-16-17-18-19-23-34-26-29-28-24-30-27(2)21-20-22-33(30,3)25-31(28)36-32(29)35/h28-31,34H,2,4-26H2,1,3H3/t28-,29-,30-,31-,33-/m1/s1. The highest BCUT2D eigenvalue weighted by Gasteiger charge is 2.54. The quantitative estimate of drug-likeness (QED) is 0.109. The third kappa shape index (κ3) is 9.17. The topological polar surface area (TPSA) is 38.3 Å². The lowest BCUT2D eigenvalue weighted by Crippen LogP contribution is -2.45. The van der Waals surface area contributed by atoms with Gasteiger partial charge in [0.25, 0.3) is 0 Å². The van der Waals surface area contributed by atoms with E-state index in [4.69, 9.17) is 4.74 Å². The smallest absolute Gasteiger partial charge is 0.310 e. The van der Waals surface area contributed by atoms with Gasteiger partial charge in [-0.15, -0.1) is 0 Å². The largest absolute Gasteiger partial charge is 0.462 e. The maximum Gasteiger partial charge on any atom is 0.310 e. The van der Waals surface area contributed by atoms with Gasteiger partial charge in [0.1, 0.15) is 6.10 Å². The van der Waals surface area contributed by atoms with Gasteiger partial charge in [-0.2, -0.15) is 0 Å². The lowest BCUT2D eigenvalue weighted by atomic mass is 9.55. The molecule has 3 fully saturated rings. The van der Waals surface area contributed by atoms with Crippen LogP contribution in [0.4, 0.5) is 0 Å². The molecule has 2 aliphatic carbocycles. The fourth-order valence-electron chi connectivity index (χ4n) is 7.55.